The lowest BCUT2D eigenvalue weighted by Gasteiger charge is -2.53. The molecule has 4 rings (SSSR count). The van der Waals surface area contributed by atoms with E-state index in [9.17, 15) is 19.2 Å². The summed E-state index contributed by atoms with van der Waals surface area (Å²) in [5.74, 6) is 0.651. The van der Waals surface area contributed by atoms with E-state index in [0.29, 0.717) is 50.0 Å². The third kappa shape index (κ3) is 12.2. The lowest BCUT2D eigenvalue weighted by atomic mass is 9.78. The normalized spacial score (nSPS) is 19.1. The number of esters is 2. The second kappa shape index (κ2) is 18.5. The number of amides is 2. The molecular weight excluding hydrogens is 684 g/mol. The molecule has 2 amide bonds. The Bertz CT molecular complexity index is 1390. The number of carbonyl (C=O) groups is 4. The molecule has 54 heavy (non-hydrogen) atoms. The first-order chi connectivity index (χ1) is 25.4. The van der Waals surface area contributed by atoms with Gasteiger partial charge in [0.15, 0.2) is 0 Å². The molecule has 2 aromatic rings. The highest BCUT2D eigenvalue weighted by Gasteiger charge is 2.51. The molecule has 0 atom stereocenters. The van der Waals surface area contributed by atoms with Gasteiger partial charge in [0, 0.05) is 60.7 Å². The summed E-state index contributed by atoms with van der Waals surface area (Å²) in [4.78, 5) is 55.5. The van der Waals surface area contributed by atoms with Crippen molar-refractivity contribution in [3.05, 3.63) is 60.7 Å². The number of ether oxygens (including phenoxy) is 4. The predicted octanol–water partition coefficient (Wildman–Crippen LogP) is 10.4. The van der Waals surface area contributed by atoms with Gasteiger partial charge in [0.2, 0.25) is 0 Å². The van der Waals surface area contributed by atoms with Crippen molar-refractivity contribution in [2.75, 3.05) is 0 Å². The molecule has 2 saturated heterocycles. The molecule has 0 spiro atoms. The van der Waals surface area contributed by atoms with Crippen LogP contribution in [0.25, 0.3) is 0 Å². The molecule has 0 aliphatic carbocycles. The zero-order chi connectivity index (χ0) is 39.6. The number of hydrogen-bond donors (Lipinski definition) is 0. The van der Waals surface area contributed by atoms with Crippen molar-refractivity contribution < 1.29 is 38.1 Å². The van der Waals surface area contributed by atoms with Crippen LogP contribution in [-0.2, 0) is 19.1 Å². The standard InChI is InChI=1S/C44H64N2O8/c1-41(2)29-35(30-42(3,4)45(41)39(49)53-33-23-17-15-18-24-33)51-37(47)27-21-13-11-9-10-12-14-22-28-38(48)52-36-31-43(5,6)46(44(7,8)32-36)40(50)54-34-25-19-16-20-26-34/h15-20,23-26,35-36H,9-14,21-22,27-32H2,1-8H3. The van der Waals surface area contributed by atoms with Gasteiger partial charge in [-0.2, -0.15) is 0 Å². The van der Waals surface area contributed by atoms with E-state index in [1.54, 1.807) is 34.1 Å². The Morgan fingerprint density at radius 2 is 0.759 bits per heavy atom. The molecule has 0 N–H and O–H groups in total. The minimum absolute atomic E-state index is 0.179. The summed E-state index contributed by atoms with van der Waals surface area (Å²) in [6.45, 7) is 16.0. The van der Waals surface area contributed by atoms with Crippen LogP contribution < -0.4 is 9.47 Å². The maximum atomic E-state index is 13.2. The van der Waals surface area contributed by atoms with Gasteiger partial charge in [-0.1, -0.05) is 74.9 Å². The van der Waals surface area contributed by atoms with Crippen LogP contribution in [-0.4, -0.2) is 68.3 Å². The van der Waals surface area contributed by atoms with Crippen molar-refractivity contribution >= 4 is 24.1 Å². The van der Waals surface area contributed by atoms with Crippen molar-refractivity contribution in [1.82, 2.24) is 9.80 Å². The molecule has 0 unspecified atom stereocenters. The van der Waals surface area contributed by atoms with Gasteiger partial charge in [-0.3, -0.25) is 19.4 Å². The molecule has 10 heteroatoms. The zero-order valence-corrected chi connectivity index (χ0v) is 34.0. The van der Waals surface area contributed by atoms with Crippen LogP contribution >= 0.6 is 0 Å². The fourth-order valence-corrected chi connectivity index (χ4v) is 8.89. The minimum atomic E-state index is -0.549. The monoisotopic (exact) mass is 748 g/mol. The van der Waals surface area contributed by atoms with E-state index in [4.69, 9.17) is 18.9 Å². The predicted molar refractivity (Wildman–Crippen MR) is 209 cm³/mol. The molecular formula is C44H64N2O8. The first-order valence-electron chi connectivity index (χ1n) is 19.9. The van der Waals surface area contributed by atoms with E-state index < -0.39 is 34.3 Å². The van der Waals surface area contributed by atoms with Gasteiger partial charge in [0.25, 0.3) is 0 Å². The maximum Gasteiger partial charge on any atom is 0.416 e. The average molecular weight is 749 g/mol. The van der Waals surface area contributed by atoms with Crippen LogP contribution in [0, 0.1) is 0 Å². The fraction of sp³-hybridized carbons (Fsp3) is 0.636. The maximum absolute atomic E-state index is 13.2. The highest BCUT2D eigenvalue weighted by Crippen LogP contribution is 2.42. The number of rotatable bonds is 15. The average Bonchev–Trinajstić information content (AvgIpc) is 3.04. The van der Waals surface area contributed by atoms with Gasteiger partial charge in [-0.25, -0.2) is 9.59 Å². The van der Waals surface area contributed by atoms with Crippen LogP contribution in [0.4, 0.5) is 9.59 Å². The summed E-state index contributed by atoms with van der Waals surface area (Å²) >= 11 is 0. The Morgan fingerprint density at radius 1 is 0.481 bits per heavy atom. The summed E-state index contributed by atoms with van der Waals surface area (Å²) in [5, 5.41) is 0. The number of carbonyl (C=O) groups excluding carboxylic acids is 4. The number of hydrogen-bond acceptors (Lipinski definition) is 8. The number of nitrogens with zero attached hydrogens (tertiary/aromatic N) is 2. The number of para-hydroxylation sites is 2. The third-order valence-electron chi connectivity index (χ3n) is 10.7. The van der Waals surface area contributed by atoms with Gasteiger partial charge in [-0.05, 0) is 92.5 Å². The van der Waals surface area contributed by atoms with Crippen molar-refractivity contribution in [2.45, 2.75) is 180 Å². The first-order valence-corrected chi connectivity index (χ1v) is 19.9. The van der Waals surface area contributed by atoms with Gasteiger partial charge in [0.1, 0.15) is 23.7 Å². The van der Waals surface area contributed by atoms with E-state index in [0.717, 1.165) is 51.4 Å². The van der Waals surface area contributed by atoms with E-state index in [1.807, 2.05) is 91.8 Å². The second-order valence-electron chi connectivity index (χ2n) is 17.7. The fourth-order valence-electron chi connectivity index (χ4n) is 8.89. The van der Waals surface area contributed by atoms with Crippen LogP contribution in [0.15, 0.2) is 60.7 Å². The lowest BCUT2D eigenvalue weighted by Crippen LogP contribution is -2.65. The number of benzene rings is 2. The van der Waals surface area contributed by atoms with Crippen molar-refractivity contribution in [3.63, 3.8) is 0 Å². The quantitative estimate of drug-likeness (QED) is 0.131. The Kier molecular flexibility index (Phi) is 14.6. The highest BCUT2D eigenvalue weighted by molar-refractivity contribution is 5.74. The zero-order valence-electron chi connectivity index (χ0n) is 34.0. The minimum Gasteiger partial charge on any atom is -0.462 e. The first kappa shape index (κ1) is 42.7. The number of piperidine rings is 2. The van der Waals surface area contributed by atoms with Gasteiger partial charge >= 0.3 is 24.1 Å². The van der Waals surface area contributed by atoms with Gasteiger partial charge in [-0.15, -0.1) is 0 Å². The van der Waals surface area contributed by atoms with E-state index >= 15 is 0 Å². The summed E-state index contributed by atoms with van der Waals surface area (Å²) in [6, 6.07) is 18.1. The third-order valence-corrected chi connectivity index (χ3v) is 10.7. The molecule has 2 aliphatic rings. The molecule has 2 aliphatic heterocycles. The molecule has 0 radical (unpaired) electrons. The molecule has 298 valence electrons. The lowest BCUT2D eigenvalue weighted by molar-refractivity contribution is -0.159. The Hall–Kier alpha value is -4.08. The molecule has 2 fully saturated rings. The van der Waals surface area contributed by atoms with E-state index in [-0.39, 0.29) is 24.1 Å². The SMILES string of the molecule is CC1(C)CC(OC(=O)CCCCCCCCCCC(=O)OC2CC(C)(C)N(C(=O)Oc3ccccc3)C(C)(C)C2)CC(C)(C)N1C(=O)Oc1ccccc1. The number of unbranched alkanes of at least 4 members (excludes halogenated alkanes) is 7. The highest BCUT2D eigenvalue weighted by atomic mass is 16.6. The smallest absolute Gasteiger partial charge is 0.416 e. The topological polar surface area (TPSA) is 112 Å². The summed E-state index contributed by atoms with van der Waals surface area (Å²) in [5.41, 5.74) is -2.19. The Morgan fingerprint density at radius 3 is 1.06 bits per heavy atom. The molecule has 0 saturated carbocycles. The molecule has 0 aromatic heterocycles. The van der Waals surface area contributed by atoms with Gasteiger partial charge < -0.3 is 18.9 Å². The largest absolute Gasteiger partial charge is 0.462 e. The van der Waals surface area contributed by atoms with E-state index in [2.05, 4.69) is 0 Å². The summed E-state index contributed by atoms with van der Waals surface area (Å²) in [6.07, 6.45) is 9.48. The summed E-state index contributed by atoms with van der Waals surface area (Å²) < 4.78 is 23.2. The van der Waals surface area contributed by atoms with E-state index in [1.165, 1.54) is 0 Å². The van der Waals surface area contributed by atoms with Crippen molar-refractivity contribution in [2.24, 2.45) is 0 Å². The molecule has 2 aromatic carbocycles. The van der Waals surface area contributed by atoms with Crippen molar-refractivity contribution in [1.29, 1.82) is 0 Å². The molecule has 10 nitrogen and oxygen atoms in total. The second-order valence-corrected chi connectivity index (χ2v) is 17.7. The van der Waals surface area contributed by atoms with Crippen LogP contribution in [0.2, 0.25) is 0 Å². The van der Waals surface area contributed by atoms with Crippen LogP contribution in [0.5, 0.6) is 11.5 Å². The Balaban J connectivity index is 1.05. The Labute approximate surface area is 323 Å². The van der Waals surface area contributed by atoms with Gasteiger partial charge in [0.05, 0.1) is 0 Å². The summed E-state index contributed by atoms with van der Waals surface area (Å²) in [7, 11) is 0. The number of likely N-dealkylation sites (tertiary alicyclic amines) is 2. The van der Waals surface area contributed by atoms with Crippen molar-refractivity contribution in [3.8, 4) is 11.5 Å². The molecule has 0 bridgehead atoms. The molecule has 2 heterocycles. The van der Waals surface area contributed by atoms with Crippen LogP contribution in [0.3, 0.4) is 0 Å². The van der Waals surface area contributed by atoms with Crippen LogP contribution in [0.1, 0.15) is 145 Å².